The second-order valence-corrected chi connectivity index (χ2v) is 7.43. The number of carbonyl (C=O) groups excluding carboxylic acids is 2. The van der Waals surface area contributed by atoms with Crippen molar-refractivity contribution in [3.8, 4) is 0 Å². The van der Waals surface area contributed by atoms with E-state index in [9.17, 15) is 14.0 Å². The summed E-state index contributed by atoms with van der Waals surface area (Å²) in [5.74, 6) is -0.00842. The fourth-order valence-electron chi connectivity index (χ4n) is 3.45. The SMILES string of the molecule is Cc1cccc(NC(=O)CCNC(=O)C(C)N2CCN(c3ccc(F)cc3)CC2)n1. The number of aryl methyl sites for hydroxylation is 1. The number of anilines is 2. The zero-order valence-electron chi connectivity index (χ0n) is 17.4. The molecule has 0 bridgehead atoms. The first-order valence-electron chi connectivity index (χ1n) is 10.2. The number of amides is 2. The molecular formula is C22H28FN5O2. The fourth-order valence-corrected chi connectivity index (χ4v) is 3.45. The van der Waals surface area contributed by atoms with Gasteiger partial charge < -0.3 is 15.5 Å². The lowest BCUT2D eigenvalue weighted by atomic mass is 10.2. The Morgan fingerprint density at radius 3 is 2.47 bits per heavy atom. The highest BCUT2D eigenvalue weighted by Gasteiger charge is 2.25. The zero-order valence-corrected chi connectivity index (χ0v) is 17.4. The molecular weight excluding hydrogens is 385 g/mol. The summed E-state index contributed by atoms with van der Waals surface area (Å²) in [5, 5.41) is 5.57. The van der Waals surface area contributed by atoms with E-state index in [0.29, 0.717) is 5.82 Å². The van der Waals surface area contributed by atoms with Crippen LogP contribution in [0.5, 0.6) is 0 Å². The Balaban J connectivity index is 1.38. The summed E-state index contributed by atoms with van der Waals surface area (Å²) >= 11 is 0. The average molecular weight is 413 g/mol. The molecule has 7 nitrogen and oxygen atoms in total. The summed E-state index contributed by atoms with van der Waals surface area (Å²) in [6.07, 6.45) is 0.187. The van der Waals surface area contributed by atoms with Gasteiger partial charge in [0.15, 0.2) is 0 Å². The van der Waals surface area contributed by atoms with Crippen molar-refractivity contribution in [1.82, 2.24) is 15.2 Å². The zero-order chi connectivity index (χ0) is 21.5. The molecule has 30 heavy (non-hydrogen) atoms. The smallest absolute Gasteiger partial charge is 0.237 e. The highest BCUT2D eigenvalue weighted by Crippen LogP contribution is 2.17. The van der Waals surface area contributed by atoms with Crippen LogP contribution >= 0.6 is 0 Å². The molecule has 2 N–H and O–H groups in total. The number of hydrogen-bond donors (Lipinski definition) is 2. The molecule has 0 aliphatic carbocycles. The summed E-state index contributed by atoms with van der Waals surface area (Å²) in [6, 6.07) is 11.6. The Bertz CT molecular complexity index is 866. The van der Waals surface area contributed by atoms with Crippen molar-refractivity contribution in [2.45, 2.75) is 26.3 Å². The Kier molecular flexibility index (Phi) is 7.35. The lowest BCUT2D eigenvalue weighted by Crippen LogP contribution is -2.54. The number of pyridine rings is 1. The number of aromatic nitrogens is 1. The second-order valence-electron chi connectivity index (χ2n) is 7.43. The van der Waals surface area contributed by atoms with Crippen molar-refractivity contribution >= 4 is 23.3 Å². The van der Waals surface area contributed by atoms with E-state index in [0.717, 1.165) is 37.6 Å². The maximum atomic E-state index is 13.1. The van der Waals surface area contributed by atoms with Crippen molar-refractivity contribution < 1.29 is 14.0 Å². The highest BCUT2D eigenvalue weighted by molar-refractivity contribution is 5.90. The van der Waals surface area contributed by atoms with Gasteiger partial charge in [0, 0.05) is 50.5 Å². The first-order valence-corrected chi connectivity index (χ1v) is 10.2. The summed E-state index contributed by atoms with van der Waals surface area (Å²) in [4.78, 5) is 33.0. The van der Waals surface area contributed by atoms with Gasteiger partial charge in [0.1, 0.15) is 11.6 Å². The van der Waals surface area contributed by atoms with E-state index < -0.39 is 0 Å². The minimum Gasteiger partial charge on any atom is -0.369 e. The summed E-state index contributed by atoms with van der Waals surface area (Å²) in [6.45, 7) is 7.04. The van der Waals surface area contributed by atoms with Crippen molar-refractivity contribution in [3.05, 3.63) is 54.0 Å². The van der Waals surface area contributed by atoms with Crippen LogP contribution in [-0.2, 0) is 9.59 Å². The van der Waals surface area contributed by atoms with Crippen LogP contribution in [0.25, 0.3) is 0 Å². The number of hydrogen-bond acceptors (Lipinski definition) is 5. The molecule has 0 saturated carbocycles. The van der Waals surface area contributed by atoms with Crippen LogP contribution in [0.1, 0.15) is 19.0 Å². The van der Waals surface area contributed by atoms with Gasteiger partial charge in [0.05, 0.1) is 6.04 Å². The molecule has 1 aromatic carbocycles. The van der Waals surface area contributed by atoms with Crippen LogP contribution in [0.4, 0.5) is 15.9 Å². The van der Waals surface area contributed by atoms with Crippen LogP contribution in [-0.4, -0.2) is 60.5 Å². The van der Waals surface area contributed by atoms with Crippen LogP contribution in [0.2, 0.25) is 0 Å². The number of carbonyl (C=O) groups is 2. The van der Waals surface area contributed by atoms with E-state index in [2.05, 4.69) is 25.4 Å². The molecule has 3 rings (SSSR count). The van der Waals surface area contributed by atoms with E-state index in [-0.39, 0.29) is 36.6 Å². The molecule has 0 spiro atoms. The van der Waals surface area contributed by atoms with Crippen LogP contribution in [0.3, 0.4) is 0 Å². The topological polar surface area (TPSA) is 77.6 Å². The minimum absolute atomic E-state index is 0.0910. The number of nitrogens with zero attached hydrogens (tertiary/aromatic N) is 3. The maximum absolute atomic E-state index is 13.1. The Labute approximate surface area is 176 Å². The predicted octanol–water partition coefficient (Wildman–Crippen LogP) is 2.18. The normalized spacial score (nSPS) is 15.5. The van der Waals surface area contributed by atoms with Crippen molar-refractivity contribution in [2.75, 3.05) is 42.9 Å². The summed E-state index contributed by atoms with van der Waals surface area (Å²) < 4.78 is 13.1. The van der Waals surface area contributed by atoms with Crippen LogP contribution < -0.4 is 15.5 Å². The maximum Gasteiger partial charge on any atom is 0.237 e. The van der Waals surface area contributed by atoms with Crippen LogP contribution in [0, 0.1) is 12.7 Å². The van der Waals surface area contributed by atoms with E-state index in [1.165, 1.54) is 12.1 Å². The molecule has 1 fully saturated rings. The Morgan fingerprint density at radius 2 is 1.80 bits per heavy atom. The van der Waals surface area contributed by atoms with Crippen molar-refractivity contribution in [2.24, 2.45) is 0 Å². The monoisotopic (exact) mass is 413 g/mol. The lowest BCUT2D eigenvalue weighted by molar-refractivity contribution is -0.126. The van der Waals surface area contributed by atoms with E-state index in [1.54, 1.807) is 18.2 Å². The molecule has 0 radical (unpaired) electrons. The van der Waals surface area contributed by atoms with Gasteiger partial charge in [-0.05, 0) is 50.2 Å². The standard InChI is InChI=1S/C22H28FN5O2/c1-16-4-3-5-20(25-16)26-21(29)10-11-24-22(30)17(2)27-12-14-28(15-13-27)19-8-6-18(23)7-9-19/h3-9,17H,10-15H2,1-2H3,(H,24,30)(H,25,26,29). The highest BCUT2D eigenvalue weighted by atomic mass is 19.1. The van der Waals surface area contributed by atoms with Gasteiger partial charge in [-0.25, -0.2) is 9.37 Å². The van der Waals surface area contributed by atoms with Gasteiger partial charge in [-0.15, -0.1) is 0 Å². The van der Waals surface area contributed by atoms with Gasteiger partial charge in [0.2, 0.25) is 11.8 Å². The number of piperazine rings is 1. The summed E-state index contributed by atoms with van der Waals surface area (Å²) in [5.41, 5.74) is 1.82. The molecule has 1 aliphatic rings. The number of nitrogens with one attached hydrogen (secondary N) is 2. The predicted molar refractivity (Wildman–Crippen MR) is 115 cm³/mol. The largest absolute Gasteiger partial charge is 0.369 e. The van der Waals surface area contributed by atoms with Gasteiger partial charge in [-0.3, -0.25) is 14.5 Å². The van der Waals surface area contributed by atoms with Gasteiger partial charge in [-0.2, -0.15) is 0 Å². The fraction of sp³-hybridized carbons (Fsp3) is 0.409. The number of rotatable bonds is 7. The molecule has 160 valence electrons. The van der Waals surface area contributed by atoms with E-state index in [4.69, 9.17) is 0 Å². The first kappa shape index (κ1) is 21.7. The molecule has 2 heterocycles. The third kappa shape index (κ3) is 6.00. The van der Waals surface area contributed by atoms with Gasteiger partial charge in [0.25, 0.3) is 0 Å². The summed E-state index contributed by atoms with van der Waals surface area (Å²) in [7, 11) is 0. The number of benzene rings is 1. The molecule has 8 heteroatoms. The van der Waals surface area contributed by atoms with E-state index >= 15 is 0 Å². The molecule has 1 aromatic heterocycles. The lowest BCUT2D eigenvalue weighted by Gasteiger charge is -2.38. The van der Waals surface area contributed by atoms with Gasteiger partial charge >= 0.3 is 0 Å². The average Bonchev–Trinajstić information content (AvgIpc) is 2.74. The molecule has 2 amide bonds. The molecule has 1 aliphatic heterocycles. The van der Waals surface area contributed by atoms with Crippen molar-refractivity contribution in [3.63, 3.8) is 0 Å². The molecule has 1 unspecified atom stereocenters. The number of halogens is 1. The Morgan fingerprint density at radius 1 is 1.10 bits per heavy atom. The molecule has 2 aromatic rings. The third-order valence-electron chi connectivity index (χ3n) is 5.24. The second kappa shape index (κ2) is 10.2. The van der Waals surface area contributed by atoms with Gasteiger partial charge in [-0.1, -0.05) is 6.07 Å². The third-order valence-corrected chi connectivity index (χ3v) is 5.24. The molecule has 1 atom stereocenters. The minimum atomic E-state index is -0.276. The molecule has 1 saturated heterocycles. The van der Waals surface area contributed by atoms with Crippen molar-refractivity contribution in [1.29, 1.82) is 0 Å². The van der Waals surface area contributed by atoms with Crippen LogP contribution in [0.15, 0.2) is 42.5 Å². The van der Waals surface area contributed by atoms with E-state index in [1.807, 2.05) is 26.0 Å². The Hall–Kier alpha value is -3.00. The first-order chi connectivity index (χ1) is 14.4. The quantitative estimate of drug-likeness (QED) is 0.728.